The van der Waals surface area contributed by atoms with Crippen LogP contribution in [-0.4, -0.2) is 6.04 Å². The van der Waals surface area contributed by atoms with Crippen molar-refractivity contribution in [2.24, 2.45) is 11.1 Å². The van der Waals surface area contributed by atoms with Crippen LogP contribution in [0.3, 0.4) is 0 Å². The van der Waals surface area contributed by atoms with E-state index in [0.29, 0.717) is 6.04 Å². The lowest BCUT2D eigenvalue weighted by atomic mass is 9.84. The van der Waals surface area contributed by atoms with Crippen molar-refractivity contribution in [1.29, 1.82) is 0 Å². The first-order chi connectivity index (χ1) is 4.84. The van der Waals surface area contributed by atoms with Crippen molar-refractivity contribution < 1.29 is 0 Å². The van der Waals surface area contributed by atoms with Crippen LogP contribution in [0.4, 0.5) is 0 Å². The number of nitrogens with two attached hydrogens (primary N) is 1. The molecule has 0 aliphatic carbocycles. The summed E-state index contributed by atoms with van der Waals surface area (Å²) in [4.78, 5) is 0. The molecule has 1 nitrogen and oxygen atoms in total. The van der Waals surface area contributed by atoms with Crippen LogP contribution in [-0.2, 0) is 0 Å². The van der Waals surface area contributed by atoms with E-state index < -0.39 is 0 Å². The summed E-state index contributed by atoms with van der Waals surface area (Å²) >= 11 is 0. The molecule has 0 radical (unpaired) electrons. The predicted molar refractivity (Wildman–Crippen MR) is 51.5 cm³/mol. The maximum absolute atomic E-state index is 5.64. The molecule has 0 saturated carbocycles. The summed E-state index contributed by atoms with van der Waals surface area (Å²) in [6.45, 7) is 12.7. The topological polar surface area (TPSA) is 26.0 Å². The Morgan fingerprint density at radius 1 is 1.45 bits per heavy atom. The first-order valence-corrected chi connectivity index (χ1v) is 4.28. The van der Waals surface area contributed by atoms with Crippen molar-refractivity contribution in [2.45, 2.75) is 46.6 Å². The molecule has 0 heterocycles. The van der Waals surface area contributed by atoms with E-state index in [9.17, 15) is 0 Å². The highest BCUT2D eigenvalue weighted by molar-refractivity contribution is 5.04. The van der Waals surface area contributed by atoms with Crippen LogP contribution in [0.2, 0.25) is 0 Å². The monoisotopic (exact) mass is 155 g/mol. The normalized spacial score (nSPS) is 14.6. The molecule has 0 bridgehead atoms. The van der Waals surface area contributed by atoms with Gasteiger partial charge < -0.3 is 5.73 Å². The largest absolute Gasteiger partial charge is 0.328 e. The van der Waals surface area contributed by atoms with Crippen LogP contribution >= 0.6 is 0 Å². The second-order valence-corrected chi connectivity index (χ2v) is 4.37. The van der Waals surface area contributed by atoms with Gasteiger partial charge in [-0.3, -0.25) is 0 Å². The van der Waals surface area contributed by atoms with E-state index in [1.54, 1.807) is 0 Å². The molecule has 66 valence electrons. The summed E-state index contributed by atoms with van der Waals surface area (Å²) in [7, 11) is 0. The highest BCUT2D eigenvalue weighted by Crippen LogP contribution is 2.27. The maximum Gasteiger partial charge on any atom is 0.00135 e. The zero-order chi connectivity index (χ0) is 9.07. The summed E-state index contributed by atoms with van der Waals surface area (Å²) in [6, 6.07) is 0.300. The molecular formula is C10H21N. The maximum atomic E-state index is 5.64. The van der Waals surface area contributed by atoms with Gasteiger partial charge in [-0.2, -0.15) is 0 Å². The molecule has 11 heavy (non-hydrogen) atoms. The van der Waals surface area contributed by atoms with E-state index in [0.717, 1.165) is 12.8 Å². The summed E-state index contributed by atoms with van der Waals surface area (Å²) in [6.07, 6.45) is 2.11. The lowest BCUT2D eigenvalue weighted by molar-refractivity contribution is 0.471. The molecule has 0 amide bonds. The number of rotatable bonds is 3. The van der Waals surface area contributed by atoms with Gasteiger partial charge in [0.1, 0.15) is 0 Å². The van der Waals surface area contributed by atoms with Crippen molar-refractivity contribution in [3.63, 3.8) is 0 Å². The molecule has 0 spiro atoms. The minimum absolute atomic E-state index is 0.245. The Balaban J connectivity index is 3.71. The lowest BCUT2D eigenvalue weighted by Gasteiger charge is -2.22. The predicted octanol–water partition coefficient (Wildman–Crippen LogP) is 2.72. The smallest absolute Gasteiger partial charge is 0.00135 e. The van der Waals surface area contributed by atoms with E-state index in [4.69, 9.17) is 5.73 Å². The highest BCUT2D eigenvalue weighted by Gasteiger charge is 2.14. The SMILES string of the molecule is C=C(CCC(C)N)C(C)(C)C. The third-order valence-corrected chi connectivity index (χ3v) is 1.96. The Bertz CT molecular complexity index is 128. The molecule has 0 aromatic rings. The fraction of sp³-hybridized carbons (Fsp3) is 0.800. The minimum Gasteiger partial charge on any atom is -0.328 e. The average molecular weight is 155 g/mol. The van der Waals surface area contributed by atoms with E-state index >= 15 is 0 Å². The van der Waals surface area contributed by atoms with E-state index in [1.807, 2.05) is 6.92 Å². The van der Waals surface area contributed by atoms with Crippen LogP contribution in [0, 0.1) is 5.41 Å². The summed E-state index contributed by atoms with van der Waals surface area (Å²) in [5, 5.41) is 0. The lowest BCUT2D eigenvalue weighted by Crippen LogP contribution is -2.17. The molecule has 1 unspecified atom stereocenters. The number of allylic oxidation sites excluding steroid dienone is 1. The quantitative estimate of drug-likeness (QED) is 0.623. The summed E-state index contributed by atoms with van der Waals surface area (Å²) in [5.74, 6) is 0. The Labute approximate surface area is 70.7 Å². The molecular weight excluding hydrogens is 134 g/mol. The third-order valence-electron chi connectivity index (χ3n) is 1.96. The molecule has 2 N–H and O–H groups in total. The number of hydrogen-bond donors (Lipinski definition) is 1. The van der Waals surface area contributed by atoms with Gasteiger partial charge in [0.2, 0.25) is 0 Å². The molecule has 0 fully saturated rings. The molecule has 0 rings (SSSR count). The van der Waals surface area contributed by atoms with Gasteiger partial charge in [0.15, 0.2) is 0 Å². The molecule has 1 atom stereocenters. The van der Waals surface area contributed by atoms with Crippen LogP contribution in [0.25, 0.3) is 0 Å². The Kier molecular flexibility index (Phi) is 3.81. The van der Waals surface area contributed by atoms with Gasteiger partial charge in [-0.1, -0.05) is 32.9 Å². The van der Waals surface area contributed by atoms with Gasteiger partial charge in [-0.15, -0.1) is 0 Å². The Morgan fingerprint density at radius 3 is 2.18 bits per heavy atom. The van der Waals surface area contributed by atoms with Crippen molar-refractivity contribution in [1.82, 2.24) is 0 Å². The second kappa shape index (κ2) is 3.91. The Hall–Kier alpha value is -0.300. The molecule has 0 aromatic carbocycles. The summed E-state index contributed by atoms with van der Waals surface area (Å²) < 4.78 is 0. The molecule has 1 heteroatoms. The van der Waals surface area contributed by atoms with Gasteiger partial charge in [-0.05, 0) is 25.2 Å². The highest BCUT2D eigenvalue weighted by atomic mass is 14.6. The first kappa shape index (κ1) is 10.7. The summed E-state index contributed by atoms with van der Waals surface area (Å²) in [5.41, 5.74) is 7.19. The van der Waals surface area contributed by atoms with Crippen LogP contribution in [0.5, 0.6) is 0 Å². The van der Waals surface area contributed by atoms with Crippen molar-refractivity contribution in [2.75, 3.05) is 0 Å². The molecule has 0 aromatic heterocycles. The van der Waals surface area contributed by atoms with Gasteiger partial charge in [0.25, 0.3) is 0 Å². The second-order valence-electron chi connectivity index (χ2n) is 4.37. The zero-order valence-corrected chi connectivity index (χ0v) is 8.28. The fourth-order valence-electron chi connectivity index (χ4n) is 0.777. The van der Waals surface area contributed by atoms with Crippen molar-refractivity contribution >= 4 is 0 Å². The molecule has 0 aliphatic rings. The fourth-order valence-corrected chi connectivity index (χ4v) is 0.777. The zero-order valence-electron chi connectivity index (χ0n) is 8.28. The molecule has 0 saturated heterocycles. The Morgan fingerprint density at radius 2 is 1.91 bits per heavy atom. The molecule has 0 aliphatic heterocycles. The minimum atomic E-state index is 0.245. The van der Waals surface area contributed by atoms with Crippen LogP contribution in [0.15, 0.2) is 12.2 Å². The van der Waals surface area contributed by atoms with Gasteiger partial charge in [0, 0.05) is 6.04 Å². The van der Waals surface area contributed by atoms with E-state index in [2.05, 4.69) is 27.4 Å². The van der Waals surface area contributed by atoms with Crippen LogP contribution < -0.4 is 5.73 Å². The van der Waals surface area contributed by atoms with Gasteiger partial charge >= 0.3 is 0 Å². The van der Waals surface area contributed by atoms with Gasteiger partial charge in [-0.25, -0.2) is 0 Å². The van der Waals surface area contributed by atoms with Crippen LogP contribution in [0.1, 0.15) is 40.5 Å². The first-order valence-electron chi connectivity index (χ1n) is 4.28. The third kappa shape index (κ3) is 5.02. The number of hydrogen-bond acceptors (Lipinski definition) is 1. The van der Waals surface area contributed by atoms with E-state index in [1.165, 1.54) is 5.57 Å². The standard InChI is InChI=1S/C10H21N/c1-8(10(3,4)5)6-7-9(2)11/h9H,1,6-7,11H2,2-5H3. The van der Waals surface area contributed by atoms with Crippen molar-refractivity contribution in [3.8, 4) is 0 Å². The van der Waals surface area contributed by atoms with Gasteiger partial charge in [0.05, 0.1) is 0 Å². The van der Waals surface area contributed by atoms with E-state index in [-0.39, 0.29) is 5.41 Å². The van der Waals surface area contributed by atoms with Crippen molar-refractivity contribution in [3.05, 3.63) is 12.2 Å². The average Bonchev–Trinajstić information content (AvgIpc) is 1.80.